The summed E-state index contributed by atoms with van der Waals surface area (Å²) < 4.78 is 0. The lowest BCUT2D eigenvalue weighted by Gasteiger charge is -2.13. The lowest BCUT2D eigenvalue weighted by Crippen LogP contribution is -2.30. The van der Waals surface area contributed by atoms with Gasteiger partial charge in [-0.3, -0.25) is 4.79 Å². The molecule has 0 saturated carbocycles. The number of fused-ring (bicyclic) bond motifs is 1. The van der Waals surface area contributed by atoms with E-state index in [4.69, 9.17) is 0 Å². The fourth-order valence-corrected chi connectivity index (χ4v) is 2.23. The third-order valence-corrected chi connectivity index (χ3v) is 3.11. The van der Waals surface area contributed by atoms with E-state index in [1.165, 1.54) is 0 Å². The summed E-state index contributed by atoms with van der Waals surface area (Å²) in [4.78, 5) is 12.0. The summed E-state index contributed by atoms with van der Waals surface area (Å²) in [6.45, 7) is 4.94. The van der Waals surface area contributed by atoms with Crippen molar-refractivity contribution in [2.45, 2.75) is 26.3 Å². The van der Waals surface area contributed by atoms with E-state index in [0.29, 0.717) is 6.42 Å². The fourth-order valence-electron chi connectivity index (χ4n) is 2.23. The molecule has 2 N–H and O–H groups in total. The van der Waals surface area contributed by atoms with Crippen LogP contribution in [0.25, 0.3) is 10.8 Å². The van der Waals surface area contributed by atoms with Crippen LogP contribution in [-0.2, 0) is 4.79 Å². The summed E-state index contributed by atoms with van der Waals surface area (Å²) in [6, 6.07) is 14.2. The van der Waals surface area contributed by atoms with Crippen LogP contribution in [-0.4, -0.2) is 18.5 Å². The zero-order valence-corrected chi connectivity index (χ0v) is 11.4. The summed E-state index contributed by atoms with van der Waals surface area (Å²) in [7, 11) is 0. The van der Waals surface area contributed by atoms with Gasteiger partial charge in [0.25, 0.3) is 0 Å². The Labute approximate surface area is 114 Å². The smallest absolute Gasteiger partial charge is 0.225 e. The lowest BCUT2D eigenvalue weighted by molar-refractivity contribution is -0.116. The molecule has 19 heavy (non-hydrogen) atoms. The third-order valence-electron chi connectivity index (χ3n) is 3.11. The average Bonchev–Trinajstić information content (AvgIpc) is 2.39. The minimum Gasteiger partial charge on any atom is -0.325 e. The van der Waals surface area contributed by atoms with E-state index < -0.39 is 0 Å². The van der Waals surface area contributed by atoms with Gasteiger partial charge in [-0.05, 0) is 24.9 Å². The van der Waals surface area contributed by atoms with Crippen LogP contribution < -0.4 is 10.6 Å². The van der Waals surface area contributed by atoms with Gasteiger partial charge in [-0.15, -0.1) is 0 Å². The number of amides is 1. The standard InChI is InChI=1S/C16H20N2O/c1-3-17-12(2)11-16(19)18-15-10-6-8-13-7-4-5-9-14(13)15/h4-10,12,17H,3,11H2,1-2H3,(H,18,19). The van der Waals surface area contributed by atoms with Gasteiger partial charge in [-0.2, -0.15) is 0 Å². The molecule has 0 spiro atoms. The van der Waals surface area contributed by atoms with E-state index in [-0.39, 0.29) is 11.9 Å². The average molecular weight is 256 g/mol. The molecule has 0 aromatic heterocycles. The molecule has 0 aliphatic heterocycles. The van der Waals surface area contributed by atoms with Gasteiger partial charge in [-0.25, -0.2) is 0 Å². The molecule has 1 atom stereocenters. The third kappa shape index (κ3) is 3.55. The van der Waals surface area contributed by atoms with Crippen molar-refractivity contribution in [3.05, 3.63) is 42.5 Å². The van der Waals surface area contributed by atoms with Crippen molar-refractivity contribution in [1.82, 2.24) is 5.32 Å². The molecule has 1 unspecified atom stereocenters. The number of hydrogen-bond donors (Lipinski definition) is 2. The highest BCUT2D eigenvalue weighted by Crippen LogP contribution is 2.23. The van der Waals surface area contributed by atoms with Gasteiger partial charge in [0.15, 0.2) is 0 Å². The maximum Gasteiger partial charge on any atom is 0.225 e. The van der Waals surface area contributed by atoms with Crippen LogP contribution in [0.15, 0.2) is 42.5 Å². The summed E-state index contributed by atoms with van der Waals surface area (Å²) in [5.41, 5.74) is 0.881. The molecule has 0 saturated heterocycles. The van der Waals surface area contributed by atoms with Crippen molar-refractivity contribution in [3.63, 3.8) is 0 Å². The Morgan fingerprint density at radius 3 is 2.68 bits per heavy atom. The molecule has 3 heteroatoms. The highest BCUT2D eigenvalue weighted by molar-refractivity contribution is 6.02. The van der Waals surface area contributed by atoms with E-state index in [1.807, 2.05) is 56.3 Å². The highest BCUT2D eigenvalue weighted by atomic mass is 16.1. The van der Waals surface area contributed by atoms with Crippen LogP contribution in [0, 0.1) is 0 Å². The van der Waals surface area contributed by atoms with E-state index in [1.54, 1.807) is 0 Å². The first kappa shape index (κ1) is 13.6. The van der Waals surface area contributed by atoms with E-state index in [9.17, 15) is 4.79 Å². The van der Waals surface area contributed by atoms with Crippen molar-refractivity contribution in [3.8, 4) is 0 Å². The molecule has 0 bridgehead atoms. The molecule has 2 rings (SSSR count). The molecule has 0 aliphatic carbocycles. The Balaban J connectivity index is 2.11. The fraction of sp³-hybridized carbons (Fsp3) is 0.312. The number of carbonyl (C=O) groups is 1. The summed E-state index contributed by atoms with van der Waals surface area (Å²) in [5, 5.41) is 8.45. The molecule has 2 aromatic carbocycles. The van der Waals surface area contributed by atoms with Crippen molar-refractivity contribution >= 4 is 22.4 Å². The van der Waals surface area contributed by atoms with Crippen LogP contribution in [0.1, 0.15) is 20.3 Å². The van der Waals surface area contributed by atoms with Crippen LogP contribution in [0.4, 0.5) is 5.69 Å². The number of rotatable bonds is 5. The highest BCUT2D eigenvalue weighted by Gasteiger charge is 2.09. The molecule has 1 amide bonds. The minimum atomic E-state index is 0.0461. The van der Waals surface area contributed by atoms with Crippen LogP contribution in [0.5, 0.6) is 0 Å². The van der Waals surface area contributed by atoms with Gasteiger partial charge in [0, 0.05) is 23.5 Å². The minimum absolute atomic E-state index is 0.0461. The van der Waals surface area contributed by atoms with Gasteiger partial charge in [0.1, 0.15) is 0 Å². The molecule has 100 valence electrons. The zero-order chi connectivity index (χ0) is 13.7. The summed E-state index contributed by atoms with van der Waals surface area (Å²) in [6.07, 6.45) is 0.483. The first-order chi connectivity index (χ1) is 9.20. The Kier molecular flexibility index (Phi) is 4.53. The molecule has 3 nitrogen and oxygen atoms in total. The van der Waals surface area contributed by atoms with Gasteiger partial charge in [0.05, 0.1) is 0 Å². The van der Waals surface area contributed by atoms with Gasteiger partial charge in [0.2, 0.25) is 5.91 Å². The Bertz CT molecular complexity index is 560. The SMILES string of the molecule is CCNC(C)CC(=O)Nc1cccc2ccccc12. The van der Waals surface area contributed by atoms with E-state index in [0.717, 1.165) is 23.0 Å². The number of hydrogen-bond acceptors (Lipinski definition) is 2. The predicted octanol–water partition coefficient (Wildman–Crippen LogP) is 3.17. The number of anilines is 1. The largest absolute Gasteiger partial charge is 0.325 e. The number of carbonyl (C=O) groups excluding carboxylic acids is 1. The lowest BCUT2D eigenvalue weighted by atomic mass is 10.1. The van der Waals surface area contributed by atoms with Crippen LogP contribution in [0.3, 0.4) is 0 Å². The van der Waals surface area contributed by atoms with Crippen molar-refractivity contribution in [1.29, 1.82) is 0 Å². The molecule has 0 aliphatic rings. The second-order valence-corrected chi connectivity index (χ2v) is 4.74. The molecular formula is C16H20N2O. The van der Waals surface area contributed by atoms with E-state index in [2.05, 4.69) is 10.6 Å². The topological polar surface area (TPSA) is 41.1 Å². The van der Waals surface area contributed by atoms with Crippen LogP contribution in [0.2, 0.25) is 0 Å². The van der Waals surface area contributed by atoms with Gasteiger partial charge in [-0.1, -0.05) is 43.3 Å². The Hall–Kier alpha value is -1.87. The quantitative estimate of drug-likeness (QED) is 0.862. The maximum atomic E-state index is 12.0. The maximum absolute atomic E-state index is 12.0. The van der Waals surface area contributed by atoms with Gasteiger partial charge < -0.3 is 10.6 Å². The Morgan fingerprint density at radius 2 is 1.89 bits per heavy atom. The predicted molar refractivity (Wildman–Crippen MR) is 80.3 cm³/mol. The van der Waals surface area contributed by atoms with E-state index >= 15 is 0 Å². The first-order valence-corrected chi connectivity index (χ1v) is 6.71. The Morgan fingerprint density at radius 1 is 1.16 bits per heavy atom. The molecule has 0 fully saturated rings. The second-order valence-electron chi connectivity index (χ2n) is 4.74. The molecular weight excluding hydrogens is 236 g/mol. The van der Waals surface area contributed by atoms with Crippen molar-refractivity contribution < 1.29 is 4.79 Å². The van der Waals surface area contributed by atoms with Crippen LogP contribution >= 0.6 is 0 Å². The molecule has 0 heterocycles. The molecule has 0 radical (unpaired) electrons. The van der Waals surface area contributed by atoms with Crippen molar-refractivity contribution in [2.75, 3.05) is 11.9 Å². The normalized spacial score (nSPS) is 12.3. The summed E-state index contributed by atoms with van der Waals surface area (Å²) in [5.74, 6) is 0.0461. The van der Waals surface area contributed by atoms with Gasteiger partial charge >= 0.3 is 0 Å². The number of nitrogens with one attached hydrogen (secondary N) is 2. The first-order valence-electron chi connectivity index (χ1n) is 6.71. The summed E-state index contributed by atoms with van der Waals surface area (Å²) >= 11 is 0. The molecule has 2 aromatic rings. The van der Waals surface area contributed by atoms with Crippen molar-refractivity contribution in [2.24, 2.45) is 0 Å². The zero-order valence-electron chi connectivity index (χ0n) is 11.4. The monoisotopic (exact) mass is 256 g/mol. The number of benzene rings is 2. The second kappa shape index (κ2) is 6.34.